The van der Waals surface area contributed by atoms with Gasteiger partial charge in [0.1, 0.15) is 30.6 Å². The van der Waals surface area contributed by atoms with Gasteiger partial charge in [-0.1, -0.05) is 80.6 Å². The fourth-order valence-corrected chi connectivity index (χ4v) is 4.15. The lowest BCUT2D eigenvalue weighted by atomic mass is 9.96. The number of ether oxygens (including phenoxy) is 2. The molecule has 0 heterocycles. The molecule has 0 aliphatic heterocycles. The van der Waals surface area contributed by atoms with Gasteiger partial charge in [-0.3, -0.25) is 0 Å². The molecule has 194 valence electrons. The minimum Gasteiger partial charge on any atom is -0.490 e. The third-order valence-electron chi connectivity index (χ3n) is 6.17. The van der Waals surface area contributed by atoms with E-state index in [2.05, 4.69) is 25.6 Å². The Labute approximate surface area is 222 Å². The van der Waals surface area contributed by atoms with Crippen molar-refractivity contribution in [1.82, 2.24) is 0 Å². The summed E-state index contributed by atoms with van der Waals surface area (Å²) in [5.41, 5.74) is 5.19. The first kappa shape index (κ1) is 26.8. The van der Waals surface area contributed by atoms with Crippen LogP contribution in [0.4, 0.5) is 8.78 Å². The Morgan fingerprint density at radius 3 is 1.89 bits per heavy atom. The summed E-state index contributed by atoms with van der Waals surface area (Å²) in [4.78, 5) is 11.4. The molecule has 4 aromatic carbocycles. The summed E-state index contributed by atoms with van der Waals surface area (Å²) in [6.07, 6.45) is 2.09. The molecular weight excluding hydrogens is 482 g/mol. The molecule has 0 unspecified atom stereocenters. The van der Waals surface area contributed by atoms with Gasteiger partial charge in [-0.25, -0.2) is 13.6 Å². The summed E-state index contributed by atoms with van der Waals surface area (Å²) in [5.74, 6) is -0.740. The van der Waals surface area contributed by atoms with Crippen molar-refractivity contribution in [1.29, 1.82) is 0 Å². The normalized spacial score (nSPS) is 10.7. The van der Waals surface area contributed by atoms with Gasteiger partial charge < -0.3 is 9.47 Å². The maximum atomic E-state index is 15.1. The monoisotopic (exact) mass is 512 g/mol. The number of rotatable bonds is 10. The van der Waals surface area contributed by atoms with Crippen molar-refractivity contribution in [3.63, 3.8) is 0 Å². The Bertz CT molecular complexity index is 1420. The average Bonchev–Trinajstić information content (AvgIpc) is 2.92. The third kappa shape index (κ3) is 6.54. The van der Waals surface area contributed by atoms with Gasteiger partial charge in [0, 0.05) is 16.7 Å². The number of hydrogen-bond donors (Lipinski definition) is 0. The molecule has 3 nitrogen and oxygen atoms in total. The summed E-state index contributed by atoms with van der Waals surface area (Å²) in [5, 5.41) is 0. The number of halogens is 2. The Balaban J connectivity index is 1.44. The number of carbonyl (C=O) groups excluding carboxylic acids is 1. The molecule has 0 N–H and O–H groups in total. The molecule has 38 heavy (non-hydrogen) atoms. The maximum Gasteiger partial charge on any atom is 0.333 e. The van der Waals surface area contributed by atoms with Crippen LogP contribution in [0.2, 0.25) is 0 Å². The van der Waals surface area contributed by atoms with Crippen LogP contribution in [-0.2, 0) is 16.0 Å². The molecule has 0 aliphatic rings. The van der Waals surface area contributed by atoms with Crippen molar-refractivity contribution in [2.24, 2.45) is 0 Å². The highest BCUT2D eigenvalue weighted by Gasteiger charge is 2.12. The minimum atomic E-state index is -0.462. The van der Waals surface area contributed by atoms with Gasteiger partial charge in [0.2, 0.25) is 0 Å². The molecule has 0 saturated heterocycles. The van der Waals surface area contributed by atoms with Crippen LogP contribution in [0.15, 0.2) is 97.1 Å². The molecule has 4 aromatic rings. The van der Waals surface area contributed by atoms with Crippen molar-refractivity contribution in [3.05, 3.63) is 114 Å². The van der Waals surface area contributed by atoms with Crippen LogP contribution < -0.4 is 4.74 Å². The lowest BCUT2D eigenvalue weighted by Crippen LogP contribution is -2.12. The van der Waals surface area contributed by atoms with Crippen LogP contribution in [0.25, 0.3) is 33.4 Å². The van der Waals surface area contributed by atoms with Gasteiger partial charge in [0.15, 0.2) is 0 Å². The zero-order chi connectivity index (χ0) is 27.1. The first-order valence-corrected chi connectivity index (χ1v) is 12.6. The van der Waals surface area contributed by atoms with Crippen LogP contribution in [0.5, 0.6) is 5.75 Å². The van der Waals surface area contributed by atoms with E-state index in [1.54, 1.807) is 49.4 Å². The molecule has 0 aromatic heterocycles. The van der Waals surface area contributed by atoms with Gasteiger partial charge >= 0.3 is 5.97 Å². The van der Waals surface area contributed by atoms with E-state index in [0.29, 0.717) is 33.6 Å². The first-order chi connectivity index (χ1) is 18.4. The van der Waals surface area contributed by atoms with E-state index < -0.39 is 17.6 Å². The number of esters is 1. The van der Waals surface area contributed by atoms with Crippen LogP contribution in [0.1, 0.15) is 25.8 Å². The quantitative estimate of drug-likeness (QED) is 0.122. The van der Waals surface area contributed by atoms with Gasteiger partial charge in [-0.05, 0) is 65.4 Å². The molecule has 4 rings (SSSR count). The third-order valence-corrected chi connectivity index (χ3v) is 6.17. The van der Waals surface area contributed by atoms with E-state index in [0.717, 1.165) is 24.0 Å². The Hall–Kier alpha value is -4.25. The smallest absolute Gasteiger partial charge is 0.333 e. The summed E-state index contributed by atoms with van der Waals surface area (Å²) in [6, 6.07) is 24.8. The SMILES string of the molecule is C=C(C)C(=O)OCCOc1ccc(-c2ccc(-c3ccc(-c4ccc(CCC)cc4)cc3F)cc2F)cc1. The zero-order valence-corrected chi connectivity index (χ0v) is 21.6. The maximum absolute atomic E-state index is 15.1. The number of aryl methyl sites for hydroxylation is 1. The van der Waals surface area contributed by atoms with Crippen molar-refractivity contribution in [2.45, 2.75) is 26.7 Å². The number of benzene rings is 4. The lowest BCUT2D eigenvalue weighted by molar-refractivity contribution is -0.139. The van der Waals surface area contributed by atoms with E-state index in [1.165, 1.54) is 17.7 Å². The standard InChI is InChI=1S/C33H30F2O3/c1-4-5-23-6-8-24(9-7-23)26-12-16-30(31(34)20-26)27-13-17-29(32(35)21-27)25-10-14-28(15-11-25)37-18-19-38-33(36)22(2)3/h6-17,20-21H,2,4-5,18-19H2,1,3H3. The molecule has 0 saturated carbocycles. The molecule has 0 aliphatic carbocycles. The van der Waals surface area contributed by atoms with E-state index in [9.17, 15) is 4.79 Å². The van der Waals surface area contributed by atoms with E-state index in [-0.39, 0.29) is 13.2 Å². The molecule has 0 fully saturated rings. The van der Waals surface area contributed by atoms with Crippen LogP contribution in [-0.4, -0.2) is 19.2 Å². The van der Waals surface area contributed by atoms with Gasteiger partial charge in [-0.15, -0.1) is 0 Å². The van der Waals surface area contributed by atoms with Crippen LogP contribution in [0.3, 0.4) is 0 Å². The van der Waals surface area contributed by atoms with Gasteiger partial charge in [-0.2, -0.15) is 0 Å². The molecule has 0 spiro atoms. The highest BCUT2D eigenvalue weighted by molar-refractivity contribution is 5.86. The van der Waals surface area contributed by atoms with Crippen molar-refractivity contribution in [2.75, 3.05) is 13.2 Å². The summed E-state index contributed by atoms with van der Waals surface area (Å²) < 4.78 is 40.7. The Morgan fingerprint density at radius 2 is 1.29 bits per heavy atom. The Kier molecular flexibility index (Phi) is 8.70. The average molecular weight is 513 g/mol. The van der Waals surface area contributed by atoms with E-state index in [1.807, 2.05) is 18.2 Å². The van der Waals surface area contributed by atoms with Crippen molar-refractivity contribution >= 4 is 5.97 Å². The van der Waals surface area contributed by atoms with Crippen molar-refractivity contribution in [3.8, 4) is 39.1 Å². The Morgan fingerprint density at radius 1 is 0.737 bits per heavy atom. The summed E-state index contributed by atoms with van der Waals surface area (Å²) >= 11 is 0. The highest BCUT2D eigenvalue weighted by Crippen LogP contribution is 2.32. The molecule has 0 amide bonds. The molecular formula is C33H30F2O3. The molecule has 0 radical (unpaired) electrons. The van der Waals surface area contributed by atoms with Gasteiger partial charge in [0.05, 0.1) is 0 Å². The zero-order valence-electron chi connectivity index (χ0n) is 21.6. The van der Waals surface area contributed by atoms with E-state index in [4.69, 9.17) is 9.47 Å². The molecule has 0 atom stereocenters. The summed E-state index contributed by atoms with van der Waals surface area (Å²) in [7, 11) is 0. The second kappa shape index (κ2) is 12.3. The molecule has 0 bridgehead atoms. The second-order valence-corrected chi connectivity index (χ2v) is 9.13. The first-order valence-electron chi connectivity index (χ1n) is 12.6. The summed E-state index contributed by atoms with van der Waals surface area (Å²) in [6.45, 7) is 7.53. The molecule has 5 heteroatoms. The van der Waals surface area contributed by atoms with Crippen LogP contribution >= 0.6 is 0 Å². The van der Waals surface area contributed by atoms with Gasteiger partial charge in [0.25, 0.3) is 0 Å². The fourth-order valence-electron chi connectivity index (χ4n) is 4.15. The largest absolute Gasteiger partial charge is 0.490 e. The fraction of sp³-hybridized carbons (Fsp3) is 0.182. The predicted molar refractivity (Wildman–Crippen MR) is 148 cm³/mol. The minimum absolute atomic E-state index is 0.103. The highest BCUT2D eigenvalue weighted by atomic mass is 19.1. The second-order valence-electron chi connectivity index (χ2n) is 9.13. The lowest BCUT2D eigenvalue weighted by Gasteiger charge is -2.11. The number of hydrogen-bond acceptors (Lipinski definition) is 3. The predicted octanol–water partition coefficient (Wildman–Crippen LogP) is 8.42. The van der Waals surface area contributed by atoms with E-state index >= 15 is 8.78 Å². The topological polar surface area (TPSA) is 35.5 Å². The van der Waals surface area contributed by atoms with Crippen LogP contribution in [0, 0.1) is 11.6 Å². The van der Waals surface area contributed by atoms with Crippen molar-refractivity contribution < 1.29 is 23.0 Å². The number of carbonyl (C=O) groups is 1.